The largest absolute Gasteiger partial charge is 0.484 e. The maximum absolute atomic E-state index is 12.0. The summed E-state index contributed by atoms with van der Waals surface area (Å²) in [5.74, 6) is 0.429. The first-order valence-corrected chi connectivity index (χ1v) is 6.86. The molecular formula is C14H18N2O5. The number of hydrogen-bond acceptors (Lipinski definition) is 5. The lowest BCUT2D eigenvalue weighted by Gasteiger charge is -2.31. The Kier molecular flexibility index (Phi) is 5.10. The van der Waals surface area contributed by atoms with E-state index in [1.54, 1.807) is 4.90 Å². The highest BCUT2D eigenvalue weighted by atomic mass is 16.6. The predicted molar refractivity (Wildman–Crippen MR) is 75.0 cm³/mol. The summed E-state index contributed by atoms with van der Waals surface area (Å²) in [6.07, 6.45) is 1.82. The van der Waals surface area contributed by atoms with Crippen LogP contribution in [0.15, 0.2) is 24.3 Å². The minimum absolute atomic E-state index is 0.0181. The molecule has 1 heterocycles. The highest BCUT2D eigenvalue weighted by Crippen LogP contribution is 2.18. The van der Waals surface area contributed by atoms with Crippen LogP contribution < -0.4 is 4.74 Å². The second-order valence-electron chi connectivity index (χ2n) is 5.07. The molecule has 1 aromatic rings. The molecule has 0 spiro atoms. The zero-order valence-electron chi connectivity index (χ0n) is 11.6. The Labute approximate surface area is 122 Å². The second-order valence-corrected chi connectivity index (χ2v) is 5.07. The summed E-state index contributed by atoms with van der Waals surface area (Å²) < 4.78 is 5.35. The monoisotopic (exact) mass is 294 g/mol. The number of benzene rings is 1. The van der Waals surface area contributed by atoms with E-state index >= 15 is 0 Å². The molecule has 1 fully saturated rings. The van der Waals surface area contributed by atoms with Gasteiger partial charge in [0, 0.05) is 31.8 Å². The first kappa shape index (κ1) is 15.2. The number of carbonyl (C=O) groups excluding carboxylic acids is 1. The van der Waals surface area contributed by atoms with E-state index in [9.17, 15) is 14.9 Å². The number of ether oxygens (including phenoxy) is 1. The Morgan fingerprint density at radius 3 is 2.76 bits per heavy atom. The van der Waals surface area contributed by atoms with Gasteiger partial charge in [0.2, 0.25) is 0 Å². The van der Waals surface area contributed by atoms with Crippen molar-refractivity contribution in [1.29, 1.82) is 0 Å². The topological polar surface area (TPSA) is 92.9 Å². The number of rotatable bonds is 5. The van der Waals surface area contributed by atoms with E-state index in [1.165, 1.54) is 24.3 Å². The number of piperidine rings is 1. The lowest BCUT2D eigenvalue weighted by Crippen LogP contribution is -2.43. The number of nitro groups is 1. The summed E-state index contributed by atoms with van der Waals surface area (Å²) in [5, 5.41) is 19.7. The van der Waals surface area contributed by atoms with Crippen molar-refractivity contribution in [3.63, 3.8) is 0 Å². The lowest BCUT2D eigenvalue weighted by molar-refractivity contribution is -0.384. The smallest absolute Gasteiger partial charge is 0.269 e. The Hall–Kier alpha value is -2.15. The fraction of sp³-hybridized carbons (Fsp3) is 0.500. The number of nitro benzene ring substituents is 1. The molecule has 0 bridgehead atoms. The molecule has 1 aromatic carbocycles. The minimum atomic E-state index is -0.488. The number of aliphatic hydroxyl groups is 1. The number of likely N-dealkylation sites (tertiary alicyclic amines) is 1. The average Bonchev–Trinajstić information content (AvgIpc) is 2.53. The number of aliphatic hydroxyl groups excluding tert-OH is 1. The number of hydrogen-bond donors (Lipinski definition) is 1. The van der Waals surface area contributed by atoms with E-state index in [0.717, 1.165) is 12.8 Å². The highest BCUT2D eigenvalue weighted by Gasteiger charge is 2.23. The molecule has 1 saturated heterocycles. The van der Waals surface area contributed by atoms with Crippen LogP contribution in [0.4, 0.5) is 5.69 Å². The molecular weight excluding hydrogens is 276 g/mol. The fourth-order valence-electron chi connectivity index (χ4n) is 2.34. The Bertz CT molecular complexity index is 503. The first-order valence-electron chi connectivity index (χ1n) is 6.86. The van der Waals surface area contributed by atoms with Crippen molar-refractivity contribution in [3.8, 4) is 5.75 Å². The number of non-ortho nitro benzene ring substituents is 1. The van der Waals surface area contributed by atoms with E-state index in [4.69, 9.17) is 9.84 Å². The van der Waals surface area contributed by atoms with Gasteiger partial charge in [0.15, 0.2) is 6.61 Å². The number of carbonyl (C=O) groups is 1. The molecule has 114 valence electrons. The van der Waals surface area contributed by atoms with Crippen LogP contribution in [0.5, 0.6) is 5.75 Å². The van der Waals surface area contributed by atoms with Gasteiger partial charge in [-0.1, -0.05) is 0 Å². The van der Waals surface area contributed by atoms with E-state index in [0.29, 0.717) is 18.8 Å². The molecule has 1 unspecified atom stereocenters. The fourth-order valence-corrected chi connectivity index (χ4v) is 2.34. The van der Waals surface area contributed by atoms with Gasteiger partial charge in [0.05, 0.1) is 4.92 Å². The minimum Gasteiger partial charge on any atom is -0.484 e. The van der Waals surface area contributed by atoms with Crippen molar-refractivity contribution in [3.05, 3.63) is 34.4 Å². The number of amides is 1. The SMILES string of the molecule is O=C(COc1ccc([N+](=O)[O-])cc1)N1CCCC(CO)C1. The van der Waals surface area contributed by atoms with Crippen LogP contribution in [0, 0.1) is 16.0 Å². The number of nitrogens with zero attached hydrogens (tertiary/aromatic N) is 2. The van der Waals surface area contributed by atoms with Gasteiger partial charge in [-0.2, -0.15) is 0 Å². The molecule has 0 saturated carbocycles. The van der Waals surface area contributed by atoms with Gasteiger partial charge in [-0.05, 0) is 30.9 Å². The summed E-state index contributed by atoms with van der Waals surface area (Å²) in [4.78, 5) is 23.7. The van der Waals surface area contributed by atoms with Gasteiger partial charge in [-0.25, -0.2) is 0 Å². The molecule has 1 aliphatic rings. The Balaban J connectivity index is 1.84. The molecule has 7 nitrogen and oxygen atoms in total. The van der Waals surface area contributed by atoms with Crippen molar-refractivity contribution in [2.75, 3.05) is 26.3 Å². The van der Waals surface area contributed by atoms with Crippen molar-refractivity contribution in [1.82, 2.24) is 4.90 Å². The van der Waals surface area contributed by atoms with Crippen LogP contribution in [0.1, 0.15) is 12.8 Å². The highest BCUT2D eigenvalue weighted by molar-refractivity contribution is 5.77. The van der Waals surface area contributed by atoms with Crippen LogP contribution in [0.2, 0.25) is 0 Å². The van der Waals surface area contributed by atoms with E-state index in [1.807, 2.05) is 0 Å². The van der Waals surface area contributed by atoms with Gasteiger partial charge in [0.1, 0.15) is 5.75 Å². The van der Waals surface area contributed by atoms with Crippen molar-refractivity contribution in [2.24, 2.45) is 5.92 Å². The zero-order valence-corrected chi connectivity index (χ0v) is 11.6. The molecule has 1 atom stereocenters. The predicted octanol–water partition coefficient (Wildman–Crippen LogP) is 1.20. The standard InChI is InChI=1S/C14H18N2O5/c17-9-11-2-1-7-15(8-11)14(18)10-21-13-5-3-12(4-6-13)16(19)20/h3-6,11,17H,1-2,7-10H2. The Morgan fingerprint density at radius 2 is 2.14 bits per heavy atom. The van der Waals surface area contributed by atoms with Gasteiger partial charge in [-0.15, -0.1) is 0 Å². The molecule has 1 amide bonds. The summed E-state index contributed by atoms with van der Waals surface area (Å²) in [6.45, 7) is 1.22. The van der Waals surface area contributed by atoms with Gasteiger partial charge in [0.25, 0.3) is 11.6 Å². The normalized spacial score (nSPS) is 18.3. The summed E-state index contributed by atoms with van der Waals surface area (Å²) in [6, 6.07) is 5.61. The molecule has 0 aromatic heterocycles. The summed E-state index contributed by atoms with van der Waals surface area (Å²) in [5.41, 5.74) is -0.0181. The van der Waals surface area contributed by atoms with E-state index in [2.05, 4.69) is 0 Å². The quantitative estimate of drug-likeness (QED) is 0.650. The zero-order chi connectivity index (χ0) is 15.2. The lowest BCUT2D eigenvalue weighted by atomic mass is 9.99. The molecule has 0 aliphatic carbocycles. The van der Waals surface area contributed by atoms with Crippen molar-refractivity contribution in [2.45, 2.75) is 12.8 Å². The van der Waals surface area contributed by atoms with Crippen LogP contribution in [-0.2, 0) is 4.79 Å². The first-order chi connectivity index (χ1) is 10.1. The van der Waals surface area contributed by atoms with Crippen LogP contribution >= 0.6 is 0 Å². The maximum atomic E-state index is 12.0. The van der Waals surface area contributed by atoms with E-state index < -0.39 is 4.92 Å². The van der Waals surface area contributed by atoms with Crippen molar-refractivity contribution < 1.29 is 19.6 Å². The molecule has 2 rings (SSSR count). The van der Waals surface area contributed by atoms with E-state index in [-0.39, 0.29) is 30.7 Å². The van der Waals surface area contributed by atoms with Crippen LogP contribution in [0.3, 0.4) is 0 Å². The molecule has 1 N–H and O–H groups in total. The average molecular weight is 294 g/mol. The third-order valence-electron chi connectivity index (χ3n) is 3.54. The van der Waals surface area contributed by atoms with Crippen molar-refractivity contribution >= 4 is 11.6 Å². The third kappa shape index (κ3) is 4.16. The molecule has 0 radical (unpaired) electrons. The molecule has 1 aliphatic heterocycles. The third-order valence-corrected chi connectivity index (χ3v) is 3.54. The maximum Gasteiger partial charge on any atom is 0.269 e. The summed E-state index contributed by atoms with van der Waals surface area (Å²) in [7, 11) is 0. The van der Waals surface area contributed by atoms with Crippen LogP contribution in [0.25, 0.3) is 0 Å². The van der Waals surface area contributed by atoms with Gasteiger partial charge >= 0.3 is 0 Å². The van der Waals surface area contributed by atoms with Gasteiger partial charge in [-0.3, -0.25) is 14.9 Å². The molecule has 21 heavy (non-hydrogen) atoms. The van der Waals surface area contributed by atoms with Gasteiger partial charge < -0.3 is 14.7 Å². The van der Waals surface area contributed by atoms with Crippen LogP contribution in [-0.4, -0.2) is 47.1 Å². The summed E-state index contributed by atoms with van der Waals surface area (Å²) >= 11 is 0. The molecule has 7 heteroatoms. The Morgan fingerprint density at radius 1 is 1.43 bits per heavy atom. The second kappa shape index (κ2) is 7.03.